The van der Waals surface area contributed by atoms with Gasteiger partial charge in [0.15, 0.2) is 6.04 Å². The zero-order valence-corrected chi connectivity index (χ0v) is 11.0. The molecule has 0 aromatic heterocycles. The fraction of sp³-hybridized carbons (Fsp3) is 0.846. The second-order valence-electron chi connectivity index (χ2n) is 4.87. The molecule has 1 amide bonds. The van der Waals surface area contributed by atoms with Crippen molar-refractivity contribution in [2.45, 2.75) is 51.0 Å². The van der Waals surface area contributed by atoms with E-state index in [9.17, 15) is 9.59 Å². The third kappa shape index (κ3) is 5.04. The summed E-state index contributed by atoms with van der Waals surface area (Å²) in [4.78, 5) is 22.8. The molecule has 0 bridgehead atoms. The van der Waals surface area contributed by atoms with Gasteiger partial charge in [0.25, 0.3) is 0 Å². The number of nitrogens with one attached hydrogen (secondary N) is 1. The van der Waals surface area contributed by atoms with Crippen molar-refractivity contribution in [3.8, 4) is 0 Å². The van der Waals surface area contributed by atoms with Crippen molar-refractivity contribution in [3.05, 3.63) is 0 Å². The summed E-state index contributed by atoms with van der Waals surface area (Å²) >= 11 is 0. The number of aliphatic hydroxyl groups is 1. The fourth-order valence-corrected chi connectivity index (χ4v) is 2.40. The number of carbonyl (C=O) groups is 2. The molecular weight excluding hydrogens is 234 g/mol. The van der Waals surface area contributed by atoms with Gasteiger partial charge in [-0.25, -0.2) is 4.79 Å². The lowest BCUT2D eigenvalue weighted by Gasteiger charge is -2.21. The minimum atomic E-state index is -0.936. The Labute approximate surface area is 108 Å². The Balaban J connectivity index is 2.25. The lowest BCUT2D eigenvalue weighted by Crippen LogP contribution is -2.44. The van der Waals surface area contributed by atoms with Gasteiger partial charge in [0, 0.05) is 6.42 Å². The maximum atomic E-state index is 11.6. The summed E-state index contributed by atoms with van der Waals surface area (Å²) in [5.74, 6) is -0.163. The molecule has 0 radical (unpaired) electrons. The lowest BCUT2D eigenvalue weighted by molar-refractivity contribution is -0.146. The van der Waals surface area contributed by atoms with Crippen molar-refractivity contribution in [1.29, 1.82) is 0 Å². The van der Waals surface area contributed by atoms with Gasteiger partial charge in [-0.2, -0.15) is 0 Å². The van der Waals surface area contributed by atoms with E-state index in [1.54, 1.807) is 0 Å². The van der Waals surface area contributed by atoms with Crippen LogP contribution in [0, 0.1) is 5.92 Å². The van der Waals surface area contributed by atoms with Crippen molar-refractivity contribution >= 4 is 11.9 Å². The molecule has 0 aromatic carbocycles. The van der Waals surface area contributed by atoms with Crippen LogP contribution in [-0.2, 0) is 14.3 Å². The number of aliphatic hydroxyl groups excluding tert-OH is 1. The Morgan fingerprint density at radius 3 is 2.56 bits per heavy atom. The summed E-state index contributed by atoms with van der Waals surface area (Å²) in [6.45, 7) is -0.429. The fourth-order valence-electron chi connectivity index (χ4n) is 2.40. The largest absolute Gasteiger partial charge is 0.467 e. The molecule has 1 aliphatic carbocycles. The molecular formula is C13H23NO4. The van der Waals surface area contributed by atoms with Gasteiger partial charge in [-0.15, -0.1) is 0 Å². The molecule has 18 heavy (non-hydrogen) atoms. The third-order valence-corrected chi connectivity index (χ3v) is 3.51. The predicted molar refractivity (Wildman–Crippen MR) is 66.8 cm³/mol. The lowest BCUT2D eigenvalue weighted by atomic mass is 9.86. The first-order chi connectivity index (χ1) is 8.67. The number of amides is 1. The molecule has 0 saturated heterocycles. The molecule has 1 rings (SSSR count). The second kappa shape index (κ2) is 8.08. The van der Waals surface area contributed by atoms with Gasteiger partial charge in [-0.3, -0.25) is 4.79 Å². The van der Waals surface area contributed by atoms with Gasteiger partial charge >= 0.3 is 5.97 Å². The van der Waals surface area contributed by atoms with E-state index in [1.807, 2.05) is 0 Å². The Morgan fingerprint density at radius 2 is 2.00 bits per heavy atom. The highest BCUT2D eigenvalue weighted by Crippen LogP contribution is 2.27. The second-order valence-corrected chi connectivity index (χ2v) is 4.87. The summed E-state index contributed by atoms with van der Waals surface area (Å²) in [7, 11) is 1.24. The van der Waals surface area contributed by atoms with Gasteiger partial charge < -0.3 is 15.2 Å². The van der Waals surface area contributed by atoms with Crippen LogP contribution in [0.4, 0.5) is 0 Å². The first kappa shape index (κ1) is 15.0. The smallest absolute Gasteiger partial charge is 0.330 e. The van der Waals surface area contributed by atoms with E-state index in [2.05, 4.69) is 10.1 Å². The highest BCUT2D eigenvalue weighted by atomic mass is 16.5. The number of ether oxygens (including phenoxy) is 1. The van der Waals surface area contributed by atoms with E-state index in [0.29, 0.717) is 12.3 Å². The molecule has 1 saturated carbocycles. The highest BCUT2D eigenvalue weighted by molar-refractivity contribution is 5.84. The van der Waals surface area contributed by atoms with Crippen LogP contribution in [-0.4, -0.2) is 36.7 Å². The van der Waals surface area contributed by atoms with Gasteiger partial charge in [-0.1, -0.05) is 32.1 Å². The molecule has 0 heterocycles. The van der Waals surface area contributed by atoms with Gasteiger partial charge in [0.1, 0.15) is 0 Å². The third-order valence-electron chi connectivity index (χ3n) is 3.51. The standard InChI is InChI=1S/C13H23NO4/c1-18-13(17)11(9-15)14-12(16)8-7-10-5-3-2-4-6-10/h10-11,15H,2-9H2,1H3,(H,14,16). The van der Waals surface area contributed by atoms with Crippen LogP contribution in [0.5, 0.6) is 0 Å². The Morgan fingerprint density at radius 1 is 1.33 bits per heavy atom. The maximum Gasteiger partial charge on any atom is 0.330 e. The van der Waals surface area contributed by atoms with Gasteiger partial charge in [0.05, 0.1) is 13.7 Å². The molecule has 0 aliphatic heterocycles. The van der Waals surface area contributed by atoms with Crippen LogP contribution < -0.4 is 5.32 Å². The maximum absolute atomic E-state index is 11.6. The van der Waals surface area contributed by atoms with Crippen molar-refractivity contribution in [2.24, 2.45) is 5.92 Å². The summed E-state index contributed by atoms with van der Waals surface area (Å²) in [5, 5.41) is 11.5. The van der Waals surface area contributed by atoms with Crippen molar-refractivity contribution in [2.75, 3.05) is 13.7 Å². The number of hydrogen-bond acceptors (Lipinski definition) is 4. The van der Waals surface area contributed by atoms with Crippen LogP contribution in [0.2, 0.25) is 0 Å². The summed E-state index contributed by atoms with van der Waals surface area (Å²) in [6, 6.07) is -0.936. The molecule has 2 N–H and O–H groups in total. The predicted octanol–water partition coefficient (Wildman–Crippen LogP) is 0.997. The average molecular weight is 257 g/mol. The molecule has 5 heteroatoms. The van der Waals surface area contributed by atoms with E-state index in [1.165, 1.54) is 39.2 Å². The Hall–Kier alpha value is -1.10. The first-order valence-corrected chi connectivity index (χ1v) is 6.65. The minimum Gasteiger partial charge on any atom is -0.467 e. The van der Waals surface area contributed by atoms with Gasteiger partial charge in [-0.05, 0) is 12.3 Å². The van der Waals surface area contributed by atoms with Crippen LogP contribution >= 0.6 is 0 Å². The van der Waals surface area contributed by atoms with E-state index in [-0.39, 0.29) is 5.91 Å². The quantitative estimate of drug-likeness (QED) is 0.696. The number of hydrogen-bond donors (Lipinski definition) is 2. The molecule has 0 aromatic rings. The molecule has 1 atom stereocenters. The number of methoxy groups -OCH3 is 1. The van der Waals surface area contributed by atoms with Gasteiger partial charge in [0.2, 0.25) is 5.91 Å². The van der Waals surface area contributed by atoms with E-state index in [4.69, 9.17) is 5.11 Å². The summed E-state index contributed by atoms with van der Waals surface area (Å²) < 4.78 is 4.48. The molecule has 5 nitrogen and oxygen atoms in total. The average Bonchev–Trinajstić information content (AvgIpc) is 2.42. The van der Waals surface area contributed by atoms with Crippen molar-refractivity contribution < 1.29 is 19.4 Å². The monoisotopic (exact) mass is 257 g/mol. The van der Waals surface area contributed by atoms with Crippen molar-refractivity contribution in [1.82, 2.24) is 5.32 Å². The number of carbonyl (C=O) groups excluding carboxylic acids is 2. The minimum absolute atomic E-state index is 0.190. The zero-order chi connectivity index (χ0) is 13.4. The Bertz CT molecular complexity index is 274. The van der Waals surface area contributed by atoms with Crippen molar-refractivity contribution in [3.63, 3.8) is 0 Å². The topological polar surface area (TPSA) is 75.6 Å². The summed E-state index contributed by atoms with van der Waals surface area (Å²) in [6.07, 6.45) is 7.50. The molecule has 1 unspecified atom stereocenters. The molecule has 1 fully saturated rings. The first-order valence-electron chi connectivity index (χ1n) is 6.65. The van der Waals surface area contributed by atoms with E-state index in [0.717, 1.165) is 6.42 Å². The number of esters is 1. The molecule has 104 valence electrons. The SMILES string of the molecule is COC(=O)C(CO)NC(=O)CCC1CCCCC1. The van der Waals surface area contributed by atoms with Crippen LogP contribution in [0.15, 0.2) is 0 Å². The normalized spacial score (nSPS) is 18.1. The highest BCUT2D eigenvalue weighted by Gasteiger charge is 2.21. The zero-order valence-electron chi connectivity index (χ0n) is 11.0. The molecule has 1 aliphatic rings. The van der Waals surface area contributed by atoms with E-state index < -0.39 is 18.6 Å². The number of rotatable bonds is 6. The van der Waals surface area contributed by atoms with Crippen LogP contribution in [0.25, 0.3) is 0 Å². The summed E-state index contributed by atoms with van der Waals surface area (Å²) in [5.41, 5.74) is 0. The van der Waals surface area contributed by atoms with E-state index >= 15 is 0 Å². The molecule has 0 spiro atoms. The van der Waals surface area contributed by atoms with Crippen LogP contribution in [0.1, 0.15) is 44.9 Å². The Kier molecular flexibility index (Phi) is 6.72. The van der Waals surface area contributed by atoms with Crippen LogP contribution in [0.3, 0.4) is 0 Å².